The molecule has 1 aromatic carbocycles. The molecule has 0 aliphatic carbocycles. The molecule has 1 atom stereocenters. The molecule has 1 unspecified atom stereocenters. The van der Waals surface area contributed by atoms with Crippen LogP contribution in [0.3, 0.4) is 0 Å². The van der Waals surface area contributed by atoms with Gasteiger partial charge in [-0.3, -0.25) is 4.98 Å². The molecule has 0 fully saturated rings. The van der Waals surface area contributed by atoms with Crippen molar-refractivity contribution in [2.45, 2.75) is 13.0 Å². The van der Waals surface area contributed by atoms with E-state index in [1.54, 1.807) is 13.1 Å². The largest absolute Gasteiger partial charge is 0.385 e. The SMILES string of the molecule is CC(O)c1nc2c(cnc3ccccc32)[nH]1. The number of para-hydroxylation sites is 1. The van der Waals surface area contributed by atoms with Crippen molar-refractivity contribution < 1.29 is 5.11 Å². The number of aromatic nitrogens is 3. The third-order valence-corrected chi connectivity index (χ3v) is 2.64. The van der Waals surface area contributed by atoms with E-state index >= 15 is 0 Å². The van der Waals surface area contributed by atoms with Crippen LogP contribution < -0.4 is 0 Å². The van der Waals surface area contributed by atoms with E-state index in [0.29, 0.717) is 5.82 Å². The van der Waals surface area contributed by atoms with E-state index in [4.69, 9.17) is 0 Å². The van der Waals surface area contributed by atoms with Crippen molar-refractivity contribution in [3.63, 3.8) is 0 Å². The van der Waals surface area contributed by atoms with Gasteiger partial charge in [0.15, 0.2) is 0 Å². The zero-order valence-electron chi connectivity index (χ0n) is 8.81. The summed E-state index contributed by atoms with van der Waals surface area (Å²) >= 11 is 0. The lowest BCUT2D eigenvalue weighted by Crippen LogP contribution is -1.92. The van der Waals surface area contributed by atoms with Crippen LogP contribution >= 0.6 is 0 Å². The van der Waals surface area contributed by atoms with Gasteiger partial charge in [-0.05, 0) is 13.0 Å². The summed E-state index contributed by atoms with van der Waals surface area (Å²) in [5, 5.41) is 10.5. The predicted molar refractivity (Wildman–Crippen MR) is 62.0 cm³/mol. The van der Waals surface area contributed by atoms with Crippen LogP contribution in [0, 0.1) is 0 Å². The quantitative estimate of drug-likeness (QED) is 0.651. The molecule has 0 radical (unpaired) electrons. The van der Waals surface area contributed by atoms with Crippen LogP contribution in [0.4, 0.5) is 0 Å². The number of aliphatic hydroxyl groups is 1. The van der Waals surface area contributed by atoms with Gasteiger partial charge in [0.05, 0.1) is 22.7 Å². The molecule has 0 spiro atoms. The maximum atomic E-state index is 9.48. The number of fused-ring (bicyclic) bond motifs is 3. The smallest absolute Gasteiger partial charge is 0.136 e. The normalized spacial score (nSPS) is 13.4. The van der Waals surface area contributed by atoms with E-state index in [-0.39, 0.29) is 0 Å². The number of H-pyrrole nitrogens is 1. The van der Waals surface area contributed by atoms with Crippen LogP contribution in [0.25, 0.3) is 21.9 Å². The zero-order chi connectivity index (χ0) is 11.1. The Morgan fingerprint density at radius 2 is 2.12 bits per heavy atom. The van der Waals surface area contributed by atoms with Gasteiger partial charge in [-0.25, -0.2) is 4.98 Å². The maximum Gasteiger partial charge on any atom is 0.136 e. The lowest BCUT2D eigenvalue weighted by Gasteiger charge is -1.95. The molecule has 4 nitrogen and oxygen atoms in total. The number of aliphatic hydroxyl groups excluding tert-OH is 1. The number of rotatable bonds is 1. The fourth-order valence-corrected chi connectivity index (χ4v) is 1.82. The topological polar surface area (TPSA) is 61.8 Å². The van der Waals surface area contributed by atoms with Crippen molar-refractivity contribution in [1.29, 1.82) is 0 Å². The highest BCUT2D eigenvalue weighted by atomic mass is 16.3. The Labute approximate surface area is 92.0 Å². The van der Waals surface area contributed by atoms with Gasteiger partial charge in [0.1, 0.15) is 11.9 Å². The fourth-order valence-electron chi connectivity index (χ4n) is 1.82. The van der Waals surface area contributed by atoms with Crippen LogP contribution in [-0.2, 0) is 0 Å². The molecule has 0 bridgehead atoms. The van der Waals surface area contributed by atoms with Crippen LogP contribution in [0.5, 0.6) is 0 Å². The number of benzene rings is 1. The first kappa shape index (κ1) is 9.30. The summed E-state index contributed by atoms with van der Waals surface area (Å²) in [6.07, 6.45) is 1.16. The molecule has 3 rings (SSSR count). The third-order valence-electron chi connectivity index (χ3n) is 2.64. The summed E-state index contributed by atoms with van der Waals surface area (Å²) in [5.41, 5.74) is 2.63. The molecule has 0 aliphatic heterocycles. The number of hydrogen-bond acceptors (Lipinski definition) is 3. The lowest BCUT2D eigenvalue weighted by atomic mass is 10.2. The minimum Gasteiger partial charge on any atom is -0.385 e. The molecule has 0 amide bonds. The molecule has 16 heavy (non-hydrogen) atoms. The first-order valence-corrected chi connectivity index (χ1v) is 5.17. The minimum atomic E-state index is -0.592. The molecule has 0 saturated heterocycles. The summed E-state index contributed by atoms with van der Waals surface area (Å²) in [5.74, 6) is 0.577. The highest BCUT2D eigenvalue weighted by Gasteiger charge is 2.10. The van der Waals surface area contributed by atoms with Gasteiger partial charge in [-0.2, -0.15) is 0 Å². The van der Waals surface area contributed by atoms with E-state index in [0.717, 1.165) is 21.9 Å². The van der Waals surface area contributed by atoms with Crippen molar-refractivity contribution in [2.75, 3.05) is 0 Å². The second-order valence-electron chi connectivity index (χ2n) is 3.84. The highest BCUT2D eigenvalue weighted by molar-refractivity contribution is 6.01. The van der Waals surface area contributed by atoms with Gasteiger partial charge < -0.3 is 10.1 Å². The molecule has 0 saturated carbocycles. The molecule has 2 heterocycles. The average molecular weight is 213 g/mol. The number of imidazole rings is 1. The standard InChI is InChI=1S/C12H11N3O/c1-7(16)12-14-10-6-13-9-5-3-2-4-8(9)11(10)15-12/h2-7,16H,1H3,(H,14,15). The Hall–Kier alpha value is -1.94. The second-order valence-corrected chi connectivity index (χ2v) is 3.84. The molecular weight excluding hydrogens is 202 g/mol. The van der Waals surface area contributed by atoms with Crippen molar-refractivity contribution in [2.24, 2.45) is 0 Å². The second kappa shape index (κ2) is 3.28. The monoisotopic (exact) mass is 213 g/mol. The molecule has 2 N–H and O–H groups in total. The first-order valence-electron chi connectivity index (χ1n) is 5.17. The summed E-state index contributed by atoms with van der Waals surface area (Å²) in [6, 6.07) is 7.84. The Bertz CT molecular complexity index is 657. The predicted octanol–water partition coefficient (Wildman–Crippen LogP) is 2.16. The van der Waals surface area contributed by atoms with Crippen molar-refractivity contribution >= 4 is 21.9 Å². The lowest BCUT2D eigenvalue weighted by molar-refractivity contribution is 0.190. The number of aromatic amines is 1. The molecule has 3 aromatic rings. The van der Waals surface area contributed by atoms with Crippen LogP contribution in [0.2, 0.25) is 0 Å². The zero-order valence-corrected chi connectivity index (χ0v) is 8.81. The van der Waals surface area contributed by atoms with Crippen molar-refractivity contribution in [3.05, 3.63) is 36.3 Å². The summed E-state index contributed by atoms with van der Waals surface area (Å²) in [4.78, 5) is 11.8. The molecule has 2 aromatic heterocycles. The summed E-state index contributed by atoms with van der Waals surface area (Å²) < 4.78 is 0. The van der Waals surface area contributed by atoms with Gasteiger partial charge in [-0.15, -0.1) is 0 Å². The van der Waals surface area contributed by atoms with Crippen LogP contribution in [0.15, 0.2) is 30.5 Å². The first-order chi connectivity index (χ1) is 7.75. The van der Waals surface area contributed by atoms with Crippen LogP contribution in [-0.4, -0.2) is 20.1 Å². The van der Waals surface area contributed by atoms with Crippen molar-refractivity contribution in [3.8, 4) is 0 Å². The molecular formula is C12H11N3O. The number of nitrogens with zero attached hydrogens (tertiary/aromatic N) is 2. The van der Waals surface area contributed by atoms with Gasteiger partial charge in [0, 0.05) is 5.39 Å². The van der Waals surface area contributed by atoms with Gasteiger partial charge in [0.2, 0.25) is 0 Å². The van der Waals surface area contributed by atoms with Gasteiger partial charge >= 0.3 is 0 Å². The molecule has 0 aliphatic rings. The average Bonchev–Trinajstić information content (AvgIpc) is 2.73. The molecule has 4 heteroatoms. The minimum absolute atomic E-state index is 0.577. The fraction of sp³-hybridized carbons (Fsp3) is 0.167. The van der Waals surface area contributed by atoms with E-state index in [1.807, 2.05) is 24.3 Å². The van der Waals surface area contributed by atoms with E-state index in [9.17, 15) is 5.11 Å². The number of pyridine rings is 1. The van der Waals surface area contributed by atoms with Crippen LogP contribution in [0.1, 0.15) is 18.9 Å². The summed E-state index contributed by atoms with van der Waals surface area (Å²) in [6.45, 7) is 1.69. The Balaban J connectivity index is 2.41. The summed E-state index contributed by atoms with van der Waals surface area (Å²) in [7, 11) is 0. The van der Waals surface area contributed by atoms with E-state index < -0.39 is 6.10 Å². The Morgan fingerprint density at radius 3 is 2.94 bits per heavy atom. The molecule has 80 valence electrons. The van der Waals surface area contributed by atoms with E-state index in [2.05, 4.69) is 15.0 Å². The Kier molecular flexibility index (Phi) is 1.91. The number of nitrogens with one attached hydrogen (secondary N) is 1. The maximum absolute atomic E-state index is 9.48. The Morgan fingerprint density at radius 1 is 1.31 bits per heavy atom. The van der Waals surface area contributed by atoms with Gasteiger partial charge in [0.25, 0.3) is 0 Å². The highest BCUT2D eigenvalue weighted by Crippen LogP contribution is 2.22. The van der Waals surface area contributed by atoms with E-state index in [1.165, 1.54) is 0 Å². The third kappa shape index (κ3) is 1.27. The van der Waals surface area contributed by atoms with Crippen molar-refractivity contribution in [1.82, 2.24) is 15.0 Å². The van der Waals surface area contributed by atoms with Gasteiger partial charge in [-0.1, -0.05) is 18.2 Å². The number of hydrogen-bond donors (Lipinski definition) is 2.